The van der Waals surface area contributed by atoms with E-state index in [2.05, 4.69) is 41.1 Å². The fourth-order valence-corrected chi connectivity index (χ4v) is 7.39. The first-order valence-electron chi connectivity index (χ1n) is 6.77. The van der Waals surface area contributed by atoms with Crippen LogP contribution in [0.1, 0.15) is 31.1 Å². The maximum Gasteiger partial charge on any atom is 0.339 e. The van der Waals surface area contributed by atoms with Gasteiger partial charge in [0.25, 0.3) is 0 Å². The zero-order valence-electron chi connectivity index (χ0n) is 13.7. The van der Waals surface area contributed by atoms with Gasteiger partial charge in [-0.15, -0.1) is 0 Å². The molecule has 0 aliphatic rings. The van der Waals surface area contributed by atoms with E-state index in [-0.39, 0.29) is 15.5 Å². The van der Waals surface area contributed by atoms with Crippen molar-refractivity contribution in [1.82, 2.24) is 4.39 Å². The van der Waals surface area contributed by atoms with Gasteiger partial charge in [0.1, 0.15) is 18.2 Å². The molecule has 0 saturated carbocycles. The lowest BCUT2D eigenvalue weighted by Gasteiger charge is -2.37. The maximum atomic E-state index is 13.0. The number of carbonyl (C=O) groups is 1. The van der Waals surface area contributed by atoms with Gasteiger partial charge in [-0.05, 0) is 23.2 Å². The van der Waals surface area contributed by atoms with Crippen molar-refractivity contribution in [2.24, 2.45) is 0 Å². The number of nitrogens with one attached hydrogen (secondary N) is 2. The third-order valence-corrected chi connectivity index (χ3v) is 12.3. The van der Waals surface area contributed by atoms with Gasteiger partial charge in [0.15, 0.2) is 0 Å². The molecular weight excluding hydrogens is 384 g/mol. The van der Waals surface area contributed by atoms with E-state index in [1.165, 1.54) is 13.2 Å². The Morgan fingerprint density at radius 1 is 1.36 bits per heavy atom. The smallest absolute Gasteiger partial charge is 0.339 e. The summed E-state index contributed by atoms with van der Waals surface area (Å²) in [5.41, 5.74) is 0.150. The summed E-state index contributed by atoms with van der Waals surface area (Å²) in [5, 5.41) is -0.0891. The third kappa shape index (κ3) is 4.18. The minimum atomic E-state index is -3.33. The van der Waals surface area contributed by atoms with Crippen molar-refractivity contribution in [2.45, 2.75) is 43.8 Å². The maximum absolute atomic E-state index is 13.0. The lowest BCUT2D eigenvalue weighted by Crippen LogP contribution is -2.54. The second-order valence-electron chi connectivity index (χ2n) is 6.67. The van der Waals surface area contributed by atoms with Crippen LogP contribution in [0.2, 0.25) is 18.1 Å². The molecule has 1 atom stereocenters. The van der Waals surface area contributed by atoms with Crippen LogP contribution in [0.4, 0.5) is 0 Å². The molecule has 22 heavy (non-hydrogen) atoms. The minimum Gasteiger partial charge on any atom is -0.465 e. The summed E-state index contributed by atoms with van der Waals surface area (Å²) in [6.45, 7) is 10.2. The van der Waals surface area contributed by atoms with Crippen LogP contribution in [0.25, 0.3) is 0 Å². The molecule has 0 amide bonds. The second kappa shape index (κ2) is 6.43. The van der Waals surface area contributed by atoms with Gasteiger partial charge in [0.2, 0.25) is 0 Å². The van der Waals surface area contributed by atoms with Crippen LogP contribution >= 0.6 is 15.9 Å². The Balaban J connectivity index is 3.41. The SMILES string of the molecule is COC(=O)c1ccc(Br)cc1S(=N)(=O)N[Si](C)(C)C(C)(C)C. The highest BCUT2D eigenvalue weighted by molar-refractivity contribution is 9.10. The van der Waals surface area contributed by atoms with E-state index in [0.717, 1.165) is 0 Å². The minimum absolute atomic E-state index is 0.0891. The first-order valence-corrected chi connectivity index (χ1v) is 12.1. The molecule has 0 spiro atoms. The molecule has 8 heteroatoms. The topological polar surface area (TPSA) is 79.2 Å². The zero-order valence-corrected chi connectivity index (χ0v) is 17.1. The van der Waals surface area contributed by atoms with E-state index in [4.69, 9.17) is 9.52 Å². The molecule has 0 heterocycles. The highest BCUT2D eigenvalue weighted by atomic mass is 79.9. The van der Waals surface area contributed by atoms with Gasteiger partial charge in [0, 0.05) is 4.47 Å². The van der Waals surface area contributed by atoms with Crippen LogP contribution in [0.15, 0.2) is 27.6 Å². The summed E-state index contributed by atoms with van der Waals surface area (Å²) in [7, 11) is -4.25. The highest BCUT2D eigenvalue weighted by Crippen LogP contribution is 2.35. The van der Waals surface area contributed by atoms with E-state index in [1.54, 1.807) is 12.1 Å². The van der Waals surface area contributed by atoms with Crippen LogP contribution in [-0.4, -0.2) is 25.5 Å². The Morgan fingerprint density at radius 2 is 1.91 bits per heavy atom. The third-order valence-electron chi connectivity index (χ3n) is 3.93. The van der Waals surface area contributed by atoms with Gasteiger partial charge in [0.05, 0.1) is 17.6 Å². The summed E-state index contributed by atoms with van der Waals surface area (Å²) in [6, 6.07) is 4.73. The first-order chi connectivity index (χ1) is 9.82. The van der Waals surface area contributed by atoms with Gasteiger partial charge >= 0.3 is 5.97 Å². The summed E-state index contributed by atoms with van der Waals surface area (Å²) >= 11 is 3.30. The number of ether oxygens (including phenoxy) is 1. The average Bonchev–Trinajstić information content (AvgIpc) is 2.35. The fourth-order valence-electron chi connectivity index (χ4n) is 1.58. The van der Waals surface area contributed by atoms with Gasteiger partial charge in [-0.2, -0.15) is 0 Å². The van der Waals surface area contributed by atoms with Gasteiger partial charge < -0.3 is 4.74 Å². The fraction of sp³-hybridized carbons (Fsp3) is 0.500. The Labute approximate surface area is 142 Å². The molecule has 0 fully saturated rings. The number of benzene rings is 1. The monoisotopic (exact) mass is 406 g/mol. The largest absolute Gasteiger partial charge is 0.465 e. The predicted octanol–water partition coefficient (Wildman–Crippen LogP) is 4.15. The molecule has 5 nitrogen and oxygen atoms in total. The number of methoxy groups -OCH3 is 1. The van der Waals surface area contributed by atoms with Crippen molar-refractivity contribution < 1.29 is 13.7 Å². The second-order valence-corrected chi connectivity index (χ2v) is 14.7. The summed E-state index contributed by atoms with van der Waals surface area (Å²) in [6.07, 6.45) is 0. The standard InChI is InChI=1S/C14H23BrN2O3SSi/c1-14(2,3)22(5,6)17-21(16,19)12-9-10(15)7-8-11(12)13(18)20-4/h7-9H,1-6H3,(H2,16,17,19). The van der Waals surface area contributed by atoms with Crippen LogP contribution in [0.3, 0.4) is 0 Å². The van der Waals surface area contributed by atoms with Crippen LogP contribution < -0.4 is 4.39 Å². The molecule has 1 aromatic rings. The van der Waals surface area contributed by atoms with Crippen LogP contribution in [-0.2, 0) is 14.7 Å². The van der Waals surface area contributed by atoms with E-state index >= 15 is 0 Å². The summed E-state index contributed by atoms with van der Waals surface area (Å²) in [5.74, 6) is -0.598. The molecule has 0 aromatic heterocycles. The molecule has 0 radical (unpaired) electrons. The van der Waals surface area contributed by atoms with Crippen molar-refractivity contribution in [2.75, 3.05) is 7.11 Å². The van der Waals surface area contributed by atoms with Crippen molar-refractivity contribution in [3.05, 3.63) is 28.2 Å². The Morgan fingerprint density at radius 3 is 2.36 bits per heavy atom. The van der Waals surface area contributed by atoms with Crippen molar-refractivity contribution in [1.29, 1.82) is 4.78 Å². The molecule has 1 unspecified atom stereocenters. The Hall–Kier alpha value is -0.703. The lowest BCUT2D eigenvalue weighted by molar-refractivity contribution is 0.0596. The van der Waals surface area contributed by atoms with E-state index in [1.807, 2.05) is 13.1 Å². The number of carbonyl (C=O) groups excluding carboxylic acids is 1. The summed E-state index contributed by atoms with van der Waals surface area (Å²) < 4.78 is 29.8. The molecule has 1 rings (SSSR count). The van der Waals surface area contributed by atoms with Crippen LogP contribution in [0.5, 0.6) is 0 Å². The van der Waals surface area contributed by atoms with E-state index in [0.29, 0.717) is 4.47 Å². The van der Waals surface area contributed by atoms with Crippen molar-refractivity contribution in [3.8, 4) is 0 Å². The van der Waals surface area contributed by atoms with Crippen molar-refractivity contribution >= 4 is 40.0 Å². The Kier molecular flexibility index (Phi) is 5.65. The average molecular weight is 407 g/mol. The number of esters is 1. The molecule has 124 valence electrons. The molecule has 1 aromatic carbocycles. The number of rotatable bonds is 4. The van der Waals surface area contributed by atoms with E-state index in [9.17, 15) is 9.00 Å². The number of hydrogen-bond acceptors (Lipinski definition) is 4. The molecule has 2 N–H and O–H groups in total. The van der Waals surface area contributed by atoms with Crippen molar-refractivity contribution in [3.63, 3.8) is 0 Å². The summed E-state index contributed by atoms with van der Waals surface area (Å²) in [4.78, 5) is 12.0. The number of hydrogen-bond donors (Lipinski definition) is 2. The molecule has 0 bridgehead atoms. The first kappa shape index (κ1) is 19.3. The molecular formula is C14H23BrN2O3SSi. The normalized spacial score (nSPS) is 15.2. The van der Waals surface area contributed by atoms with Gasteiger partial charge in [-0.25, -0.2) is 18.2 Å². The lowest BCUT2D eigenvalue weighted by atomic mass is 10.2. The number of halogens is 1. The Bertz CT molecular complexity index is 682. The highest BCUT2D eigenvalue weighted by Gasteiger charge is 2.39. The van der Waals surface area contributed by atoms with Gasteiger partial charge in [-0.3, -0.25) is 0 Å². The quantitative estimate of drug-likeness (QED) is 0.581. The van der Waals surface area contributed by atoms with Gasteiger partial charge in [-0.1, -0.05) is 49.8 Å². The van der Waals surface area contributed by atoms with Crippen LogP contribution in [0, 0.1) is 4.78 Å². The molecule has 0 aliphatic heterocycles. The van der Waals surface area contributed by atoms with E-state index < -0.39 is 24.1 Å². The predicted molar refractivity (Wildman–Crippen MR) is 94.9 cm³/mol. The zero-order chi connectivity index (χ0) is 17.3. The molecule has 0 saturated heterocycles. The molecule has 0 aliphatic carbocycles.